The van der Waals surface area contributed by atoms with Crippen molar-refractivity contribution >= 4 is 69.4 Å². The number of rotatable bonds is 10. The maximum absolute atomic E-state index is 15.1. The third-order valence-corrected chi connectivity index (χ3v) is 19.7. The van der Waals surface area contributed by atoms with Gasteiger partial charge in [-0.05, 0) is 136 Å². The van der Waals surface area contributed by atoms with E-state index in [-0.39, 0.29) is 39.0 Å². The molecule has 9 aromatic carbocycles. The summed E-state index contributed by atoms with van der Waals surface area (Å²) < 4.78 is 180. The van der Waals surface area contributed by atoms with Gasteiger partial charge in [0.15, 0.2) is 0 Å². The summed E-state index contributed by atoms with van der Waals surface area (Å²) >= 11 is 0. The molecule has 0 saturated carbocycles. The smallest absolute Gasteiger partial charge is 0.277 e. The Morgan fingerprint density at radius 2 is 0.550 bits per heavy atom. The Bertz CT molecular complexity index is 5000. The highest BCUT2D eigenvalue weighted by Crippen LogP contribution is 2.59. The van der Waals surface area contributed by atoms with Crippen molar-refractivity contribution < 1.29 is 91.0 Å². The molecular weight excluding hydrogens is 1320 g/mol. The van der Waals surface area contributed by atoms with Gasteiger partial charge >= 0.3 is 24.7 Å². The van der Waals surface area contributed by atoms with Crippen molar-refractivity contribution in [2.75, 3.05) is 23.9 Å². The Labute approximate surface area is 562 Å². The van der Waals surface area contributed by atoms with Crippen LogP contribution in [0.3, 0.4) is 0 Å². The lowest BCUT2D eigenvalue weighted by Gasteiger charge is -2.38. The van der Waals surface area contributed by atoms with E-state index in [1.54, 1.807) is 49.4 Å². The van der Waals surface area contributed by atoms with Gasteiger partial charge < -0.3 is 0 Å². The summed E-state index contributed by atoms with van der Waals surface area (Å²) in [5.41, 5.74) is -13.5. The Morgan fingerprint density at radius 3 is 0.920 bits per heavy atom. The Morgan fingerprint density at radius 1 is 0.280 bits per heavy atom. The predicted octanol–water partition coefficient (Wildman–Crippen LogP) is 16.7. The third kappa shape index (κ3) is 10.2. The van der Waals surface area contributed by atoms with Gasteiger partial charge in [0.2, 0.25) is 10.8 Å². The standard InChI is InChI=1S/C45H36F6N2O4.C31H18F6N2O4/c1-25-7-9-26(10-8-25)41(2,3)27-11-13-28(14-12-27)42(4,5)29-15-19-32(20-16-29)53-39(56)34-22-18-31(24-36(34)40(53)57)43(44(46,47)48,45(49,50)51)30-17-21-33-35(23-30)38(55)52(6)37(33)54;1-15-5-3-7-19-18(15)6-4-8-24(19)39-27(42)21-12-10-17(14-23(21)28(39)43)29(30(32,33)34,31(35,36)37)16-9-11-20-22(13-16)26(41)38(2)25(20)40/h7-24H,1-6H3;3-14H,1-2H3. The first-order valence-electron chi connectivity index (χ1n) is 30.7. The van der Waals surface area contributed by atoms with Crippen LogP contribution in [-0.2, 0) is 21.7 Å². The van der Waals surface area contributed by atoms with Crippen molar-refractivity contribution in [3.63, 3.8) is 0 Å². The predicted molar refractivity (Wildman–Crippen MR) is 344 cm³/mol. The molecular formula is C76H54F12N4O8. The van der Waals surface area contributed by atoms with Gasteiger partial charge in [0, 0.05) is 30.3 Å². The number of hydrogen-bond donors (Lipinski definition) is 0. The number of nitrogens with zero attached hydrogens (tertiary/aromatic N) is 4. The SMILES string of the molecule is Cc1ccc(C(C)(C)c2ccc(C(C)(C)c3ccc(N4C(=O)c5ccc(C(c6ccc7c(c6)C(=O)N(C)C7=O)(C(F)(F)F)C(F)(F)F)cc5C4=O)cc3)cc2)cc1.Cc1cccc2c(N3C(=O)c4ccc(C(c5ccc6c(c5)C(=O)N(C)C6=O)(C(F)(F)F)C(F)(F)F)cc4C3=O)cccc12. The first-order valence-corrected chi connectivity index (χ1v) is 30.7. The molecule has 8 amide bonds. The van der Waals surface area contributed by atoms with Crippen LogP contribution in [-0.4, -0.2) is 95.9 Å². The van der Waals surface area contributed by atoms with Crippen molar-refractivity contribution in [1.29, 1.82) is 0 Å². The van der Waals surface area contributed by atoms with Gasteiger partial charge in [0.1, 0.15) is 0 Å². The molecule has 4 aliphatic rings. The fourth-order valence-corrected chi connectivity index (χ4v) is 13.8. The monoisotopic (exact) mass is 1380 g/mol. The van der Waals surface area contributed by atoms with E-state index in [1.165, 1.54) is 29.3 Å². The molecule has 0 radical (unpaired) electrons. The van der Waals surface area contributed by atoms with Crippen molar-refractivity contribution in [2.24, 2.45) is 0 Å². The number of carbonyl (C=O) groups excluding carboxylic acids is 8. The second-order valence-corrected chi connectivity index (χ2v) is 25.9. The van der Waals surface area contributed by atoms with Crippen molar-refractivity contribution in [3.8, 4) is 0 Å². The fraction of sp³-hybridized carbons (Fsp3) is 0.211. The van der Waals surface area contributed by atoms with Gasteiger partial charge in [-0.1, -0.05) is 149 Å². The van der Waals surface area contributed by atoms with Crippen molar-refractivity contribution in [1.82, 2.24) is 9.80 Å². The zero-order valence-corrected chi connectivity index (χ0v) is 53.9. The zero-order valence-electron chi connectivity index (χ0n) is 53.9. The summed E-state index contributed by atoms with van der Waals surface area (Å²) in [4.78, 5) is 107. The van der Waals surface area contributed by atoms with Gasteiger partial charge in [0.05, 0.1) is 55.9 Å². The fourth-order valence-electron chi connectivity index (χ4n) is 13.8. The molecule has 100 heavy (non-hydrogen) atoms. The Balaban J connectivity index is 0.000000197. The van der Waals surface area contributed by atoms with Crippen LogP contribution in [0.4, 0.5) is 64.1 Å². The second-order valence-electron chi connectivity index (χ2n) is 25.9. The average Bonchev–Trinajstić information content (AvgIpc) is 1.16. The number of anilines is 2. The molecule has 4 heterocycles. The number of fused-ring (bicyclic) bond motifs is 5. The van der Waals surface area contributed by atoms with Crippen LogP contribution in [0.25, 0.3) is 10.8 Å². The number of hydrogen-bond acceptors (Lipinski definition) is 8. The van der Waals surface area contributed by atoms with Gasteiger partial charge in [-0.2, -0.15) is 52.7 Å². The molecule has 0 fully saturated rings. The van der Waals surface area contributed by atoms with E-state index in [1.807, 2.05) is 32.9 Å². The highest BCUT2D eigenvalue weighted by molar-refractivity contribution is 6.36. The van der Waals surface area contributed by atoms with Gasteiger partial charge in [0.25, 0.3) is 47.3 Å². The first kappa shape index (κ1) is 68.9. The maximum Gasteiger partial charge on any atom is 0.411 e. The molecule has 0 atom stereocenters. The quantitative estimate of drug-likeness (QED) is 0.0970. The average molecular weight is 1380 g/mol. The number of imide groups is 4. The highest BCUT2D eigenvalue weighted by atomic mass is 19.4. The van der Waals surface area contributed by atoms with E-state index in [4.69, 9.17) is 0 Å². The minimum Gasteiger partial charge on any atom is -0.277 e. The van der Waals surface area contributed by atoms with Crippen molar-refractivity contribution in [3.05, 3.63) is 282 Å². The molecule has 4 aliphatic heterocycles. The molecule has 24 heteroatoms. The highest BCUT2D eigenvalue weighted by Gasteiger charge is 2.74. The third-order valence-electron chi connectivity index (χ3n) is 19.7. The largest absolute Gasteiger partial charge is 0.411 e. The van der Waals surface area contributed by atoms with E-state index < -0.39 is 133 Å². The summed E-state index contributed by atoms with van der Waals surface area (Å²) in [6, 6.07) is 39.7. The summed E-state index contributed by atoms with van der Waals surface area (Å²) in [5, 5.41) is 1.18. The molecule has 0 aliphatic carbocycles. The van der Waals surface area contributed by atoms with Crippen LogP contribution >= 0.6 is 0 Å². The summed E-state index contributed by atoms with van der Waals surface area (Å²) in [5.74, 6) is -7.90. The van der Waals surface area contributed by atoms with Crippen LogP contribution in [0.5, 0.6) is 0 Å². The number of carbonyl (C=O) groups is 8. The van der Waals surface area contributed by atoms with Crippen LogP contribution in [0.1, 0.15) is 166 Å². The zero-order chi connectivity index (χ0) is 72.8. The summed E-state index contributed by atoms with van der Waals surface area (Å²) in [6.07, 6.45) is -24.2. The lowest BCUT2D eigenvalue weighted by atomic mass is 9.71. The normalized spacial score (nSPS) is 15.3. The van der Waals surface area contributed by atoms with E-state index in [2.05, 4.69) is 50.2 Å². The van der Waals surface area contributed by atoms with Crippen LogP contribution in [0.15, 0.2) is 182 Å². The Hall–Kier alpha value is -11.0. The number of halogens is 12. The van der Waals surface area contributed by atoms with E-state index >= 15 is 26.3 Å². The molecule has 0 spiro atoms. The Kier molecular flexibility index (Phi) is 16.0. The van der Waals surface area contributed by atoms with Gasteiger partial charge in [-0.3, -0.25) is 48.2 Å². The van der Waals surface area contributed by atoms with Crippen LogP contribution in [0, 0.1) is 13.8 Å². The molecule has 13 rings (SSSR count). The minimum atomic E-state index is -6.06. The lowest BCUT2D eigenvalue weighted by molar-refractivity contribution is -0.290. The number of alkyl halides is 12. The molecule has 0 unspecified atom stereocenters. The van der Waals surface area contributed by atoms with Crippen LogP contribution < -0.4 is 9.80 Å². The van der Waals surface area contributed by atoms with Crippen LogP contribution in [0.2, 0.25) is 0 Å². The molecule has 12 nitrogen and oxygen atoms in total. The van der Waals surface area contributed by atoms with E-state index in [0.29, 0.717) is 74.0 Å². The summed E-state index contributed by atoms with van der Waals surface area (Å²) in [6.45, 7) is 12.2. The molecule has 9 aromatic rings. The topological polar surface area (TPSA) is 150 Å². The van der Waals surface area contributed by atoms with Gasteiger partial charge in [-0.25, -0.2) is 9.80 Å². The van der Waals surface area contributed by atoms with Crippen molar-refractivity contribution in [2.45, 2.75) is 87.9 Å². The number of benzene rings is 9. The molecule has 0 N–H and O–H groups in total. The lowest BCUT2D eigenvalue weighted by Crippen LogP contribution is -2.55. The maximum atomic E-state index is 15.1. The first-order chi connectivity index (χ1) is 46.6. The minimum absolute atomic E-state index is 0.0707. The van der Waals surface area contributed by atoms with Gasteiger partial charge in [-0.15, -0.1) is 0 Å². The molecule has 0 saturated heterocycles. The van der Waals surface area contributed by atoms with E-state index in [0.717, 1.165) is 65.5 Å². The van der Waals surface area contributed by atoms with E-state index in [9.17, 15) is 64.7 Å². The molecule has 0 aromatic heterocycles. The molecule has 0 bridgehead atoms. The summed E-state index contributed by atoms with van der Waals surface area (Å²) in [7, 11) is 2.11. The second kappa shape index (κ2) is 23.3. The number of amides is 8. The number of aryl methyl sites for hydroxylation is 2. The molecule has 510 valence electrons.